The smallest absolute Gasteiger partial charge is 0.129 e. The Hall–Kier alpha value is -1.49. The van der Waals surface area contributed by atoms with Gasteiger partial charge in [-0.1, -0.05) is 26.0 Å². The molecule has 0 bridgehead atoms. The number of aliphatic hydroxyl groups is 1. The second-order valence-electron chi connectivity index (χ2n) is 6.90. The molecule has 1 aromatic carbocycles. The number of rotatable bonds is 2. The zero-order chi connectivity index (χ0) is 14.5. The molecule has 1 aliphatic rings. The number of halogens is 1. The molecule has 1 saturated carbocycles. The number of aromatic nitrogens is 3. The van der Waals surface area contributed by atoms with Crippen molar-refractivity contribution in [1.82, 2.24) is 15.0 Å². The van der Waals surface area contributed by atoms with Crippen LogP contribution in [0, 0.1) is 5.82 Å². The molecule has 20 heavy (non-hydrogen) atoms. The Balaban J connectivity index is 2.03. The van der Waals surface area contributed by atoms with E-state index in [-0.39, 0.29) is 11.2 Å². The summed E-state index contributed by atoms with van der Waals surface area (Å²) in [4.78, 5) is 0. The quantitative estimate of drug-likeness (QED) is 0.918. The lowest BCUT2D eigenvalue weighted by Crippen LogP contribution is -2.41. The monoisotopic (exact) mass is 277 g/mol. The molecule has 1 aliphatic carbocycles. The largest absolute Gasteiger partial charge is 0.388 e. The second kappa shape index (κ2) is 4.25. The van der Waals surface area contributed by atoms with Crippen molar-refractivity contribution in [3.63, 3.8) is 0 Å². The Morgan fingerprint density at radius 1 is 1.35 bits per heavy atom. The highest BCUT2D eigenvalue weighted by Gasteiger charge is 2.35. The van der Waals surface area contributed by atoms with E-state index in [9.17, 15) is 9.50 Å². The summed E-state index contributed by atoms with van der Waals surface area (Å²) in [5, 5.41) is 18.4. The van der Waals surface area contributed by atoms with Gasteiger partial charge in [-0.2, -0.15) is 0 Å². The average Bonchev–Trinajstić information content (AvgIpc) is 2.67. The van der Waals surface area contributed by atoms with Crippen LogP contribution in [-0.4, -0.2) is 25.7 Å². The summed E-state index contributed by atoms with van der Waals surface area (Å²) in [6.45, 7) is 6.30. The van der Waals surface area contributed by atoms with Gasteiger partial charge >= 0.3 is 0 Å². The lowest BCUT2D eigenvalue weighted by atomic mass is 9.80. The lowest BCUT2D eigenvalue weighted by Gasteiger charge is -2.36. The fraction of sp³-hybridized carbons (Fsp3) is 0.600. The molecule has 0 atom stereocenters. The second-order valence-corrected chi connectivity index (χ2v) is 6.90. The van der Waals surface area contributed by atoms with Crippen molar-refractivity contribution >= 4 is 11.0 Å². The number of fused-ring (bicyclic) bond motifs is 1. The third kappa shape index (κ3) is 2.20. The molecule has 108 valence electrons. The van der Waals surface area contributed by atoms with Gasteiger partial charge in [0.1, 0.15) is 11.3 Å². The average molecular weight is 277 g/mol. The Bertz CT molecular complexity index is 653. The lowest BCUT2D eigenvalue weighted by molar-refractivity contribution is -0.0492. The van der Waals surface area contributed by atoms with Gasteiger partial charge in [-0.05, 0) is 36.3 Å². The third-order valence-electron chi connectivity index (χ3n) is 4.14. The van der Waals surface area contributed by atoms with Crippen molar-refractivity contribution in [3.8, 4) is 0 Å². The van der Waals surface area contributed by atoms with E-state index in [1.807, 2.05) is 20.8 Å². The van der Waals surface area contributed by atoms with Crippen LogP contribution in [0.15, 0.2) is 12.1 Å². The molecule has 0 aliphatic heterocycles. The molecule has 5 heteroatoms. The molecule has 3 rings (SSSR count). The van der Waals surface area contributed by atoms with Crippen LogP contribution in [0.4, 0.5) is 4.39 Å². The van der Waals surface area contributed by atoms with E-state index < -0.39 is 5.60 Å². The highest BCUT2D eigenvalue weighted by atomic mass is 19.1. The van der Waals surface area contributed by atoms with Gasteiger partial charge in [0.25, 0.3) is 0 Å². The standard InChI is InChI=1S/C15H20FN3O/c1-14(2,3)10-7-12-13(8-11(10)16)19(18-17-12)9-15(20)5-4-6-15/h7-8,20H,4-6,9H2,1-3H3. The van der Waals surface area contributed by atoms with Gasteiger partial charge in [0, 0.05) is 6.07 Å². The van der Waals surface area contributed by atoms with Crippen molar-refractivity contribution < 1.29 is 9.50 Å². The maximum atomic E-state index is 14.3. The molecule has 1 heterocycles. The summed E-state index contributed by atoms with van der Waals surface area (Å²) < 4.78 is 15.9. The first-order chi connectivity index (χ1) is 9.28. The van der Waals surface area contributed by atoms with E-state index in [2.05, 4.69) is 10.3 Å². The predicted octanol–water partition coefficient (Wildman–Crippen LogP) is 2.78. The van der Waals surface area contributed by atoms with E-state index in [1.54, 1.807) is 10.7 Å². The van der Waals surface area contributed by atoms with Crippen LogP contribution in [0.1, 0.15) is 45.6 Å². The minimum Gasteiger partial charge on any atom is -0.388 e. The van der Waals surface area contributed by atoms with Crippen molar-refractivity contribution in [2.75, 3.05) is 0 Å². The number of hydrogen-bond acceptors (Lipinski definition) is 3. The van der Waals surface area contributed by atoms with Crippen LogP contribution in [0.3, 0.4) is 0 Å². The summed E-state index contributed by atoms with van der Waals surface area (Å²) >= 11 is 0. The first-order valence-electron chi connectivity index (χ1n) is 7.04. The van der Waals surface area contributed by atoms with Crippen LogP contribution in [-0.2, 0) is 12.0 Å². The Labute approximate surface area is 117 Å². The molecule has 0 spiro atoms. The molecule has 4 nitrogen and oxygen atoms in total. The minimum absolute atomic E-state index is 0.242. The van der Waals surface area contributed by atoms with E-state index in [4.69, 9.17) is 0 Å². The van der Waals surface area contributed by atoms with E-state index in [1.165, 1.54) is 6.07 Å². The summed E-state index contributed by atoms with van der Waals surface area (Å²) in [6, 6.07) is 3.25. The van der Waals surface area contributed by atoms with Crippen LogP contribution in [0.5, 0.6) is 0 Å². The van der Waals surface area contributed by atoms with Crippen molar-refractivity contribution in [3.05, 3.63) is 23.5 Å². The van der Waals surface area contributed by atoms with Gasteiger partial charge in [0.15, 0.2) is 0 Å². The summed E-state index contributed by atoms with van der Waals surface area (Å²) in [5.74, 6) is -0.242. The molecule has 1 fully saturated rings. The zero-order valence-electron chi connectivity index (χ0n) is 12.1. The van der Waals surface area contributed by atoms with Crippen molar-refractivity contribution in [2.24, 2.45) is 0 Å². The molecular weight excluding hydrogens is 257 g/mol. The first kappa shape index (κ1) is 13.5. The fourth-order valence-corrected chi connectivity index (χ4v) is 2.70. The minimum atomic E-state index is -0.695. The van der Waals surface area contributed by atoms with Crippen LogP contribution >= 0.6 is 0 Å². The SMILES string of the molecule is CC(C)(C)c1cc2nnn(CC3(O)CCC3)c2cc1F. The highest BCUT2D eigenvalue weighted by Crippen LogP contribution is 2.34. The summed E-state index contributed by atoms with van der Waals surface area (Å²) in [5.41, 5.74) is 1.00. The number of hydrogen-bond donors (Lipinski definition) is 1. The molecule has 2 aromatic rings. The summed E-state index contributed by atoms with van der Waals surface area (Å²) in [7, 11) is 0. The normalized spacial score (nSPS) is 18.2. The molecule has 0 saturated heterocycles. The number of nitrogens with zero attached hydrogens (tertiary/aromatic N) is 3. The van der Waals surface area contributed by atoms with Crippen LogP contribution in [0.25, 0.3) is 11.0 Å². The van der Waals surface area contributed by atoms with Gasteiger partial charge in [-0.3, -0.25) is 0 Å². The maximum Gasteiger partial charge on any atom is 0.129 e. The van der Waals surface area contributed by atoms with Crippen LogP contribution in [0.2, 0.25) is 0 Å². The molecular formula is C15H20FN3O. The van der Waals surface area contributed by atoms with E-state index in [0.29, 0.717) is 23.1 Å². The molecule has 0 unspecified atom stereocenters. The molecule has 1 aromatic heterocycles. The van der Waals surface area contributed by atoms with E-state index in [0.717, 1.165) is 19.3 Å². The van der Waals surface area contributed by atoms with E-state index >= 15 is 0 Å². The highest BCUT2D eigenvalue weighted by molar-refractivity contribution is 5.75. The third-order valence-corrected chi connectivity index (χ3v) is 4.14. The molecule has 1 N–H and O–H groups in total. The van der Waals surface area contributed by atoms with Gasteiger partial charge in [0.05, 0.1) is 17.7 Å². The van der Waals surface area contributed by atoms with Gasteiger partial charge in [0.2, 0.25) is 0 Å². The predicted molar refractivity (Wildman–Crippen MR) is 75.0 cm³/mol. The van der Waals surface area contributed by atoms with Crippen LogP contribution < -0.4 is 0 Å². The van der Waals surface area contributed by atoms with Gasteiger partial charge < -0.3 is 5.11 Å². The van der Waals surface area contributed by atoms with Crippen molar-refractivity contribution in [2.45, 2.75) is 57.6 Å². The zero-order valence-corrected chi connectivity index (χ0v) is 12.1. The molecule has 0 amide bonds. The topological polar surface area (TPSA) is 50.9 Å². The van der Waals surface area contributed by atoms with Gasteiger partial charge in [-0.15, -0.1) is 5.10 Å². The summed E-state index contributed by atoms with van der Waals surface area (Å²) in [6.07, 6.45) is 2.58. The molecule has 0 radical (unpaired) electrons. The first-order valence-corrected chi connectivity index (χ1v) is 7.04. The fourth-order valence-electron chi connectivity index (χ4n) is 2.70. The van der Waals surface area contributed by atoms with Crippen molar-refractivity contribution in [1.29, 1.82) is 0 Å². The Morgan fingerprint density at radius 3 is 2.60 bits per heavy atom. The Morgan fingerprint density at radius 2 is 2.05 bits per heavy atom. The number of benzene rings is 1. The maximum absolute atomic E-state index is 14.3. The van der Waals surface area contributed by atoms with Gasteiger partial charge in [-0.25, -0.2) is 9.07 Å². The Kier molecular flexibility index (Phi) is 2.87.